The van der Waals surface area contributed by atoms with Crippen molar-refractivity contribution < 1.29 is 5.11 Å². The molecule has 2 atom stereocenters. The molecule has 2 rings (SSSR count). The summed E-state index contributed by atoms with van der Waals surface area (Å²) < 4.78 is 1.90. The average molecular weight is 223 g/mol. The van der Waals surface area contributed by atoms with Crippen molar-refractivity contribution in [1.29, 1.82) is 0 Å². The molecule has 0 bridgehead atoms. The molecule has 1 aliphatic carbocycles. The monoisotopic (exact) mass is 223 g/mol. The second kappa shape index (κ2) is 3.84. The Bertz CT molecular complexity index is 384. The Hall–Kier alpha value is -0.900. The maximum atomic E-state index is 10.1. The maximum Gasteiger partial charge on any atom is 0.147 e. The topological polar surface area (TPSA) is 50.9 Å². The normalized spacial score (nSPS) is 29.3. The summed E-state index contributed by atoms with van der Waals surface area (Å²) in [6.07, 6.45) is 2.62. The summed E-state index contributed by atoms with van der Waals surface area (Å²) in [4.78, 5) is 4.31. The van der Waals surface area contributed by atoms with Crippen LogP contribution in [-0.2, 0) is 0 Å². The molecule has 1 heterocycles. The van der Waals surface area contributed by atoms with E-state index in [1.54, 1.807) is 0 Å². The number of aliphatic hydroxyl groups is 1. The van der Waals surface area contributed by atoms with Crippen LogP contribution in [0.1, 0.15) is 50.8 Å². The van der Waals surface area contributed by atoms with E-state index in [-0.39, 0.29) is 17.6 Å². The minimum absolute atomic E-state index is 0.0879. The molecular weight excluding hydrogens is 202 g/mol. The summed E-state index contributed by atoms with van der Waals surface area (Å²) in [5.41, 5.74) is 0.288. The van der Waals surface area contributed by atoms with Gasteiger partial charge in [0.25, 0.3) is 0 Å². The summed E-state index contributed by atoms with van der Waals surface area (Å²) >= 11 is 0. The quantitative estimate of drug-likeness (QED) is 0.792. The highest BCUT2D eigenvalue weighted by Gasteiger charge is 2.36. The molecule has 1 N–H and O–H groups in total. The minimum Gasteiger partial charge on any atom is -0.391 e. The number of aromatic nitrogens is 3. The fourth-order valence-electron chi connectivity index (χ4n) is 2.63. The molecule has 1 fully saturated rings. The summed E-state index contributed by atoms with van der Waals surface area (Å²) in [6.45, 7) is 8.36. The van der Waals surface area contributed by atoms with Gasteiger partial charge in [0.05, 0.1) is 12.1 Å². The molecule has 0 spiro atoms. The third-order valence-electron chi connectivity index (χ3n) is 3.54. The molecule has 0 aliphatic heterocycles. The van der Waals surface area contributed by atoms with Gasteiger partial charge in [-0.3, -0.25) is 0 Å². The molecule has 1 aromatic heterocycles. The lowest BCUT2D eigenvalue weighted by atomic mass is 9.74. The first kappa shape index (κ1) is 11.6. The first-order chi connectivity index (χ1) is 7.39. The smallest absolute Gasteiger partial charge is 0.147 e. The van der Waals surface area contributed by atoms with E-state index in [0.29, 0.717) is 0 Å². The molecule has 1 aromatic rings. The molecular formula is C12H21N3O. The van der Waals surface area contributed by atoms with Crippen LogP contribution in [-0.4, -0.2) is 26.0 Å². The van der Waals surface area contributed by atoms with Crippen LogP contribution in [0.25, 0.3) is 0 Å². The highest BCUT2D eigenvalue weighted by atomic mass is 16.3. The van der Waals surface area contributed by atoms with Crippen molar-refractivity contribution in [2.75, 3.05) is 0 Å². The molecule has 0 radical (unpaired) electrons. The van der Waals surface area contributed by atoms with Crippen molar-refractivity contribution in [3.8, 4) is 0 Å². The van der Waals surface area contributed by atoms with Crippen LogP contribution in [0.2, 0.25) is 0 Å². The second-order valence-corrected chi connectivity index (χ2v) is 5.69. The third kappa shape index (κ3) is 2.12. The Balaban J connectivity index is 2.28. The van der Waals surface area contributed by atoms with Crippen LogP contribution in [0.4, 0.5) is 0 Å². The van der Waals surface area contributed by atoms with Crippen LogP contribution in [0.15, 0.2) is 0 Å². The van der Waals surface area contributed by atoms with Gasteiger partial charge >= 0.3 is 0 Å². The van der Waals surface area contributed by atoms with Gasteiger partial charge < -0.3 is 5.11 Å². The predicted molar refractivity (Wildman–Crippen MR) is 62.2 cm³/mol. The molecule has 1 aliphatic rings. The van der Waals surface area contributed by atoms with Gasteiger partial charge in [0.1, 0.15) is 11.6 Å². The van der Waals surface area contributed by atoms with Gasteiger partial charge in [-0.15, -0.1) is 0 Å². The van der Waals surface area contributed by atoms with E-state index in [4.69, 9.17) is 0 Å². The zero-order chi connectivity index (χ0) is 11.9. The lowest BCUT2D eigenvalue weighted by Gasteiger charge is -2.38. The Morgan fingerprint density at radius 1 is 1.38 bits per heavy atom. The third-order valence-corrected chi connectivity index (χ3v) is 3.54. The molecule has 0 aromatic carbocycles. The lowest BCUT2D eigenvalue weighted by molar-refractivity contribution is 0.0216. The number of nitrogens with zero attached hydrogens (tertiary/aromatic N) is 3. The van der Waals surface area contributed by atoms with E-state index in [1.807, 2.05) is 18.5 Å². The summed E-state index contributed by atoms with van der Waals surface area (Å²) in [6, 6.07) is 0.0879. The standard InChI is InChI=1S/C12H21N3O/c1-8-13-9(2)15(14-8)10-7-12(3,4)6-5-11(10)16/h10-11,16H,5-7H2,1-4H3. The molecule has 90 valence electrons. The first-order valence-electron chi connectivity index (χ1n) is 5.97. The van der Waals surface area contributed by atoms with Crippen LogP contribution in [0.3, 0.4) is 0 Å². The molecule has 4 nitrogen and oxygen atoms in total. The minimum atomic E-state index is -0.284. The van der Waals surface area contributed by atoms with E-state index in [0.717, 1.165) is 30.9 Å². The van der Waals surface area contributed by atoms with Gasteiger partial charge in [-0.2, -0.15) is 5.10 Å². The van der Waals surface area contributed by atoms with E-state index in [2.05, 4.69) is 23.9 Å². The average Bonchev–Trinajstić information content (AvgIpc) is 2.50. The van der Waals surface area contributed by atoms with Crippen molar-refractivity contribution in [3.63, 3.8) is 0 Å². The fraction of sp³-hybridized carbons (Fsp3) is 0.833. The molecule has 16 heavy (non-hydrogen) atoms. The first-order valence-corrected chi connectivity index (χ1v) is 5.97. The second-order valence-electron chi connectivity index (χ2n) is 5.69. The van der Waals surface area contributed by atoms with Crippen LogP contribution in [0.5, 0.6) is 0 Å². The van der Waals surface area contributed by atoms with Crippen LogP contribution in [0, 0.1) is 19.3 Å². The largest absolute Gasteiger partial charge is 0.391 e. The molecule has 4 heteroatoms. The van der Waals surface area contributed by atoms with Crippen molar-refractivity contribution in [1.82, 2.24) is 14.8 Å². The van der Waals surface area contributed by atoms with Gasteiger partial charge in [0.15, 0.2) is 0 Å². The Morgan fingerprint density at radius 2 is 2.06 bits per heavy atom. The highest BCUT2D eigenvalue weighted by Crippen LogP contribution is 2.41. The van der Waals surface area contributed by atoms with Gasteiger partial charge in [-0.1, -0.05) is 13.8 Å². The van der Waals surface area contributed by atoms with Gasteiger partial charge in [-0.25, -0.2) is 9.67 Å². The maximum absolute atomic E-state index is 10.1. The van der Waals surface area contributed by atoms with E-state index >= 15 is 0 Å². The SMILES string of the molecule is Cc1nc(C)n(C2CC(C)(C)CCC2O)n1. The van der Waals surface area contributed by atoms with Gasteiger partial charge in [0.2, 0.25) is 0 Å². The van der Waals surface area contributed by atoms with Crippen molar-refractivity contribution >= 4 is 0 Å². The zero-order valence-corrected chi connectivity index (χ0v) is 10.6. The molecule has 0 saturated heterocycles. The van der Waals surface area contributed by atoms with E-state index < -0.39 is 0 Å². The number of aryl methyl sites for hydroxylation is 2. The number of rotatable bonds is 1. The van der Waals surface area contributed by atoms with Gasteiger partial charge in [0, 0.05) is 0 Å². The Morgan fingerprint density at radius 3 is 2.62 bits per heavy atom. The number of hydrogen-bond acceptors (Lipinski definition) is 3. The molecule has 0 amide bonds. The van der Waals surface area contributed by atoms with Crippen molar-refractivity contribution in [3.05, 3.63) is 11.6 Å². The summed E-state index contributed by atoms with van der Waals surface area (Å²) in [7, 11) is 0. The Kier molecular flexibility index (Phi) is 2.78. The zero-order valence-electron chi connectivity index (χ0n) is 10.6. The number of hydrogen-bond donors (Lipinski definition) is 1. The van der Waals surface area contributed by atoms with Crippen molar-refractivity contribution in [2.24, 2.45) is 5.41 Å². The van der Waals surface area contributed by atoms with E-state index in [1.165, 1.54) is 0 Å². The highest BCUT2D eigenvalue weighted by molar-refractivity contribution is 4.95. The number of aliphatic hydroxyl groups excluding tert-OH is 1. The molecule has 1 saturated carbocycles. The van der Waals surface area contributed by atoms with Gasteiger partial charge in [-0.05, 0) is 38.5 Å². The predicted octanol–water partition coefficient (Wildman–Crippen LogP) is 2.01. The fourth-order valence-corrected chi connectivity index (χ4v) is 2.63. The van der Waals surface area contributed by atoms with Crippen molar-refractivity contribution in [2.45, 2.75) is 59.1 Å². The lowest BCUT2D eigenvalue weighted by Crippen LogP contribution is -2.36. The summed E-state index contributed by atoms with van der Waals surface area (Å²) in [5, 5.41) is 14.5. The summed E-state index contributed by atoms with van der Waals surface area (Å²) in [5.74, 6) is 1.69. The van der Waals surface area contributed by atoms with Crippen LogP contribution < -0.4 is 0 Å². The Labute approximate surface area is 96.7 Å². The van der Waals surface area contributed by atoms with Crippen LogP contribution >= 0.6 is 0 Å². The van der Waals surface area contributed by atoms with E-state index in [9.17, 15) is 5.11 Å². The molecule has 2 unspecified atom stereocenters.